The van der Waals surface area contributed by atoms with Gasteiger partial charge in [0.05, 0.1) is 4.92 Å². The lowest BCUT2D eigenvalue weighted by atomic mass is 10.1. The highest BCUT2D eigenvalue weighted by atomic mass is 16.6. The highest BCUT2D eigenvalue weighted by molar-refractivity contribution is 6.06. The minimum Gasteiger partial charge on any atom is -0.366 e. The van der Waals surface area contributed by atoms with Gasteiger partial charge >= 0.3 is 0 Å². The Morgan fingerprint density at radius 2 is 1.77 bits per heavy atom. The number of nitro benzene ring substituents is 1. The molecule has 0 radical (unpaired) electrons. The summed E-state index contributed by atoms with van der Waals surface area (Å²) in [5.74, 6) is -0.732. The molecule has 0 aliphatic carbocycles. The molecule has 0 aromatic heterocycles. The first-order valence-corrected chi connectivity index (χ1v) is 10.0. The molecular weight excluding hydrogens is 384 g/mol. The van der Waals surface area contributed by atoms with Gasteiger partial charge in [-0.15, -0.1) is 0 Å². The van der Waals surface area contributed by atoms with Crippen LogP contribution in [-0.4, -0.2) is 29.8 Å². The number of carbonyl (C=O) groups excluding carboxylic acids is 2. The van der Waals surface area contributed by atoms with Gasteiger partial charge in [-0.3, -0.25) is 19.7 Å². The standard InChI is InChI=1S/C22H26N4O4/c1-14(2)21(27)23-17-8-6-15(3)18(13-17)24-22(28)16-7-9-19(20(12-16)26(29)30)25-10-4-5-11-25/h6-9,12-14H,4-5,10-11H2,1-3H3,(H,23,27)(H,24,28). The van der Waals surface area contributed by atoms with Gasteiger partial charge in [0, 0.05) is 42.0 Å². The number of hydrogen-bond donors (Lipinski definition) is 2. The van der Waals surface area contributed by atoms with Gasteiger partial charge in [-0.25, -0.2) is 0 Å². The van der Waals surface area contributed by atoms with Crippen molar-refractivity contribution in [2.24, 2.45) is 5.92 Å². The molecule has 30 heavy (non-hydrogen) atoms. The van der Waals surface area contributed by atoms with E-state index in [9.17, 15) is 19.7 Å². The minimum absolute atomic E-state index is 0.0702. The number of nitro groups is 1. The fourth-order valence-electron chi connectivity index (χ4n) is 3.35. The Hall–Kier alpha value is -3.42. The maximum absolute atomic E-state index is 12.8. The summed E-state index contributed by atoms with van der Waals surface area (Å²) in [4.78, 5) is 37.8. The molecular formula is C22H26N4O4. The quantitative estimate of drug-likeness (QED) is 0.544. The van der Waals surface area contributed by atoms with Crippen molar-refractivity contribution in [1.29, 1.82) is 0 Å². The zero-order valence-electron chi connectivity index (χ0n) is 17.4. The maximum Gasteiger partial charge on any atom is 0.293 e. The van der Waals surface area contributed by atoms with Crippen molar-refractivity contribution < 1.29 is 14.5 Å². The number of hydrogen-bond acceptors (Lipinski definition) is 5. The molecule has 158 valence electrons. The van der Waals surface area contributed by atoms with Crippen LogP contribution in [0.25, 0.3) is 0 Å². The summed E-state index contributed by atoms with van der Waals surface area (Å²) in [6.07, 6.45) is 2.00. The number of benzene rings is 2. The van der Waals surface area contributed by atoms with E-state index in [2.05, 4.69) is 10.6 Å². The molecule has 8 nitrogen and oxygen atoms in total. The highest BCUT2D eigenvalue weighted by Crippen LogP contribution is 2.32. The van der Waals surface area contributed by atoms with Crippen LogP contribution in [0.5, 0.6) is 0 Å². The third-order valence-electron chi connectivity index (χ3n) is 5.16. The maximum atomic E-state index is 12.8. The summed E-state index contributed by atoms with van der Waals surface area (Å²) < 4.78 is 0. The molecule has 0 bridgehead atoms. The van der Waals surface area contributed by atoms with E-state index in [1.807, 2.05) is 11.8 Å². The number of nitrogens with zero attached hydrogens (tertiary/aromatic N) is 2. The third kappa shape index (κ3) is 4.76. The van der Waals surface area contributed by atoms with Crippen LogP contribution in [0.3, 0.4) is 0 Å². The Morgan fingerprint density at radius 1 is 1.07 bits per heavy atom. The van der Waals surface area contributed by atoms with Crippen molar-refractivity contribution in [2.75, 3.05) is 28.6 Å². The van der Waals surface area contributed by atoms with Crippen molar-refractivity contribution in [1.82, 2.24) is 0 Å². The molecule has 0 atom stereocenters. The first kappa shape index (κ1) is 21.3. The molecule has 2 N–H and O–H groups in total. The summed E-state index contributed by atoms with van der Waals surface area (Å²) in [6, 6.07) is 9.81. The van der Waals surface area contributed by atoms with E-state index in [1.165, 1.54) is 6.07 Å². The number of nitrogens with one attached hydrogen (secondary N) is 2. The first-order valence-electron chi connectivity index (χ1n) is 10.0. The number of aryl methyl sites for hydroxylation is 1. The average Bonchev–Trinajstić information content (AvgIpc) is 3.24. The fraction of sp³-hybridized carbons (Fsp3) is 0.364. The van der Waals surface area contributed by atoms with Crippen LogP contribution in [0.4, 0.5) is 22.7 Å². The zero-order chi connectivity index (χ0) is 21.8. The molecule has 1 saturated heterocycles. The predicted molar refractivity (Wildman–Crippen MR) is 117 cm³/mol. The molecule has 1 heterocycles. The van der Waals surface area contributed by atoms with Gasteiger partial charge in [-0.05, 0) is 49.6 Å². The number of rotatable bonds is 6. The Kier molecular flexibility index (Phi) is 6.34. The van der Waals surface area contributed by atoms with E-state index in [4.69, 9.17) is 0 Å². The molecule has 2 aromatic carbocycles. The minimum atomic E-state index is -0.447. The van der Waals surface area contributed by atoms with Crippen LogP contribution >= 0.6 is 0 Å². The number of amides is 2. The Balaban J connectivity index is 1.82. The van der Waals surface area contributed by atoms with Gasteiger partial charge in [0.2, 0.25) is 5.91 Å². The van der Waals surface area contributed by atoms with E-state index < -0.39 is 10.8 Å². The summed E-state index contributed by atoms with van der Waals surface area (Å²) in [6.45, 7) is 6.99. The lowest BCUT2D eigenvalue weighted by Crippen LogP contribution is -2.20. The predicted octanol–water partition coefficient (Wildman–Crippen LogP) is 4.35. The highest BCUT2D eigenvalue weighted by Gasteiger charge is 2.24. The molecule has 0 spiro atoms. The van der Waals surface area contributed by atoms with Gasteiger partial charge in [0.1, 0.15) is 5.69 Å². The summed E-state index contributed by atoms with van der Waals surface area (Å²) in [5.41, 5.74) is 2.61. The Morgan fingerprint density at radius 3 is 2.40 bits per heavy atom. The molecule has 8 heteroatoms. The number of carbonyl (C=O) groups is 2. The Labute approximate surface area is 175 Å². The van der Waals surface area contributed by atoms with Crippen LogP contribution in [0.1, 0.15) is 42.6 Å². The van der Waals surface area contributed by atoms with E-state index in [1.54, 1.807) is 44.2 Å². The van der Waals surface area contributed by atoms with Crippen molar-refractivity contribution in [2.45, 2.75) is 33.6 Å². The molecule has 2 amide bonds. The second-order valence-electron chi connectivity index (χ2n) is 7.78. The summed E-state index contributed by atoms with van der Waals surface area (Å²) in [7, 11) is 0. The second kappa shape index (κ2) is 8.94. The van der Waals surface area contributed by atoms with Crippen molar-refractivity contribution in [3.8, 4) is 0 Å². The number of anilines is 3. The van der Waals surface area contributed by atoms with Crippen molar-refractivity contribution in [3.05, 3.63) is 57.6 Å². The van der Waals surface area contributed by atoms with Gasteiger partial charge in [0.25, 0.3) is 11.6 Å². The zero-order valence-corrected chi connectivity index (χ0v) is 17.4. The Bertz CT molecular complexity index is 981. The van der Waals surface area contributed by atoms with Crippen LogP contribution in [-0.2, 0) is 4.79 Å². The molecule has 1 fully saturated rings. The second-order valence-corrected chi connectivity index (χ2v) is 7.78. The monoisotopic (exact) mass is 410 g/mol. The third-order valence-corrected chi connectivity index (χ3v) is 5.16. The van der Waals surface area contributed by atoms with Crippen LogP contribution < -0.4 is 15.5 Å². The van der Waals surface area contributed by atoms with Crippen LogP contribution in [0, 0.1) is 23.0 Å². The molecule has 1 aliphatic heterocycles. The first-order chi connectivity index (χ1) is 14.3. The van der Waals surface area contributed by atoms with E-state index in [0.717, 1.165) is 31.5 Å². The molecule has 2 aromatic rings. The normalized spacial score (nSPS) is 13.4. The van der Waals surface area contributed by atoms with E-state index >= 15 is 0 Å². The lowest BCUT2D eigenvalue weighted by molar-refractivity contribution is -0.384. The molecule has 0 unspecified atom stereocenters. The van der Waals surface area contributed by atoms with Crippen molar-refractivity contribution in [3.63, 3.8) is 0 Å². The molecule has 0 saturated carbocycles. The fourth-order valence-corrected chi connectivity index (χ4v) is 3.35. The molecule has 3 rings (SSSR count). The summed E-state index contributed by atoms with van der Waals surface area (Å²) >= 11 is 0. The van der Waals surface area contributed by atoms with E-state index in [0.29, 0.717) is 17.1 Å². The lowest BCUT2D eigenvalue weighted by Gasteiger charge is -2.18. The topological polar surface area (TPSA) is 105 Å². The van der Waals surface area contributed by atoms with Crippen molar-refractivity contribution >= 4 is 34.6 Å². The van der Waals surface area contributed by atoms with E-state index in [-0.39, 0.29) is 23.1 Å². The van der Waals surface area contributed by atoms with Gasteiger partial charge in [0.15, 0.2) is 0 Å². The van der Waals surface area contributed by atoms with Crippen LogP contribution in [0.15, 0.2) is 36.4 Å². The van der Waals surface area contributed by atoms with Gasteiger partial charge in [-0.1, -0.05) is 19.9 Å². The smallest absolute Gasteiger partial charge is 0.293 e. The van der Waals surface area contributed by atoms with Gasteiger partial charge < -0.3 is 15.5 Å². The van der Waals surface area contributed by atoms with Gasteiger partial charge in [-0.2, -0.15) is 0 Å². The molecule has 1 aliphatic rings. The summed E-state index contributed by atoms with van der Waals surface area (Å²) in [5, 5.41) is 17.2. The largest absolute Gasteiger partial charge is 0.366 e. The average molecular weight is 410 g/mol. The van der Waals surface area contributed by atoms with Crippen LogP contribution in [0.2, 0.25) is 0 Å². The SMILES string of the molecule is Cc1ccc(NC(=O)C(C)C)cc1NC(=O)c1ccc(N2CCCC2)c([N+](=O)[O-])c1.